The largest absolute Gasteiger partial charge is 0.296 e. The minimum Gasteiger partial charge on any atom is -0.296 e. The maximum atomic E-state index is 4.36. The summed E-state index contributed by atoms with van der Waals surface area (Å²) >= 11 is 0. The second-order valence-electron chi connectivity index (χ2n) is 5.44. The monoisotopic (exact) mass is 272 g/mol. The summed E-state index contributed by atoms with van der Waals surface area (Å²) in [4.78, 5) is 6.63. The SMILES string of the molecule is C[C@H](c1nnnn1C1CC1)N(C)CCc1ccccn1. The lowest BCUT2D eigenvalue weighted by Crippen LogP contribution is -2.27. The molecule has 2 aromatic rings. The van der Waals surface area contributed by atoms with Crippen LogP contribution in [0, 0.1) is 0 Å². The van der Waals surface area contributed by atoms with Gasteiger partial charge in [-0.25, -0.2) is 4.68 Å². The summed E-state index contributed by atoms with van der Waals surface area (Å²) < 4.78 is 1.99. The second kappa shape index (κ2) is 5.66. The van der Waals surface area contributed by atoms with Gasteiger partial charge in [0.1, 0.15) is 0 Å². The van der Waals surface area contributed by atoms with Crippen molar-refractivity contribution in [3.8, 4) is 0 Å². The fourth-order valence-corrected chi connectivity index (χ4v) is 2.28. The van der Waals surface area contributed by atoms with E-state index in [9.17, 15) is 0 Å². The molecule has 6 heteroatoms. The van der Waals surface area contributed by atoms with Crippen LogP contribution in [0.15, 0.2) is 24.4 Å². The van der Waals surface area contributed by atoms with E-state index in [0.717, 1.165) is 24.5 Å². The Hall–Kier alpha value is -1.82. The van der Waals surface area contributed by atoms with Crippen LogP contribution in [0.4, 0.5) is 0 Å². The molecule has 0 saturated heterocycles. The lowest BCUT2D eigenvalue weighted by atomic mass is 10.2. The summed E-state index contributed by atoms with van der Waals surface area (Å²) in [6.45, 7) is 3.10. The second-order valence-corrected chi connectivity index (χ2v) is 5.44. The molecule has 6 nitrogen and oxygen atoms in total. The molecule has 1 aliphatic carbocycles. The van der Waals surface area contributed by atoms with Crippen LogP contribution in [-0.4, -0.2) is 43.7 Å². The van der Waals surface area contributed by atoms with Gasteiger partial charge in [0.2, 0.25) is 0 Å². The number of tetrazole rings is 1. The highest BCUT2D eigenvalue weighted by Crippen LogP contribution is 2.35. The standard InChI is InChI=1S/C14H20N6/c1-11(14-16-17-18-20(14)13-6-7-13)19(2)10-8-12-5-3-4-9-15-12/h3-5,9,11,13H,6-8,10H2,1-2H3/t11-/m1/s1. The summed E-state index contributed by atoms with van der Waals surface area (Å²) in [5.41, 5.74) is 1.12. The fraction of sp³-hybridized carbons (Fsp3) is 0.571. The Morgan fingerprint density at radius 3 is 2.95 bits per heavy atom. The van der Waals surface area contributed by atoms with Crippen molar-refractivity contribution < 1.29 is 0 Å². The molecule has 1 aliphatic rings. The predicted molar refractivity (Wildman–Crippen MR) is 75.1 cm³/mol. The van der Waals surface area contributed by atoms with Gasteiger partial charge < -0.3 is 0 Å². The minimum atomic E-state index is 0.217. The molecule has 0 spiro atoms. The third kappa shape index (κ3) is 2.85. The molecule has 2 aromatic heterocycles. The van der Waals surface area contributed by atoms with Crippen molar-refractivity contribution in [2.45, 2.75) is 38.3 Å². The van der Waals surface area contributed by atoms with E-state index in [4.69, 9.17) is 0 Å². The molecule has 1 saturated carbocycles. The molecule has 1 fully saturated rings. The predicted octanol–water partition coefficient (Wildman–Crippen LogP) is 1.64. The molecule has 0 N–H and O–H groups in total. The summed E-state index contributed by atoms with van der Waals surface area (Å²) in [6, 6.07) is 6.77. The summed E-state index contributed by atoms with van der Waals surface area (Å²) in [7, 11) is 2.11. The molecular formula is C14H20N6. The molecule has 0 aliphatic heterocycles. The van der Waals surface area contributed by atoms with Crippen LogP contribution in [0.2, 0.25) is 0 Å². The van der Waals surface area contributed by atoms with Crippen molar-refractivity contribution in [2.75, 3.05) is 13.6 Å². The van der Waals surface area contributed by atoms with Crippen LogP contribution in [0.5, 0.6) is 0 Å². The zero-order chi connectivity index (χ0) is 13.9. The van der Waals surface area contributed by atoms with Crippen LogP contribution >= 0.6 is 0 Å². The van der Waals surface area contributed by atoms with Gasteiger partial charge in [0.15, 0.2) is 5.82 Å². The zero-order valence-corrected chi connectivity index (χ0v) is 12.0. The Morgan fingerprint density at radius 2 is 2.25 bits per heavy atom. The zero-order valence-electron chi connectivity index (χ0n) is 12.0. The molecule has 2 heterocycles. The summed E-state index contributed by atoms with van der Waals surface area (Å²) in [5.74, 6) is 0.969. The highest BCUT2D eigenvalue weighted by Gasteiger charge is 2.30. The molecule has 1 atom stereocenters. The fourth-order valence-electron chi connectivity index (χ4n) is 2.28. The number of likely N-dealkylation sites (N-methyl/N-ethyl adjacent to an activating group) is 1. The van der Waals surface area contributed by atoms with Gasteiger partial charge in [-0.3, -0.25) is 9.88 Å². The molecular weight excluding hydrogens is 252 g/mol. The van der Waals surface area contributed by atoms with E-state index in [1.54, 1.807) is 0 Å². The Morgan fingerprint density at radius 1 is 1.40 bits per heavy atom. The number of rotatable bonds is 6. The van der Waals surface area contributed by atoms with Crippen molar-refractivity contribution in [3.05, 3.63) is 35.9 Å². The molecule has 3 rings (SSSR count). The van der Waals surface area contributed by atoms with E-state index in [-0.39, 0.29) is 6.04 Å². The van der Waals surface area contributed by atoms with Crippen LogP contribution < -0.4 is 0 Å². The molecule has 106 valence electrons. The van der Waals surface area contributed by atoms with Crippen molar-refractivity contribution in [1.29, 1.82) is 0 Å². The van der Waals surface area contributed by atoms with Gasteiger partial charge in [-0.2, -0.15) is 0 Å². The Kier molecular flexibility index (Phi) is 3.73. The van der Waals surface area contributed by atoms with Crippen LogP contribution in [0.1, 0.15) is 43.4 Å². The van der Waals surface area contributed by atoms with Gasteiger partial charge in [-0.15, -0.1) is 5.10 Å². The van der Waals surface area contributed by atoms with Crippen molar-refractivity contribution in [3.63, 3.8) is 0 Å². The van der Waals surface area contributed by atoms with Gasteiger partial charge in [0.25, 0.3) is 0 Å². The quantitative estimate of drug-likeness (QED) is 0.800. The van der Waals surface area contributed by atoms with E-state index >= 15 is 0 Å². The topological polar surface area (TPSA) is 59.7 Å². The van der Waals surface area contributed by atoms with E-state index in [0.29, 0.717) is 6.04 Å². The van der Waals surface area contributed by atoms with E-state index < -0.39 is 0 Å². The maximum Gasteiger partial charge on any atom is 0.168 e. The van der Waals surface area contributed by atoms with Gasteiger partial charge in [-0.1, -0.05) is 6.07 Å². The van der Waals surface area contributed by atoms with Crippen molar-refractivity contribution >= 4 is 0 Å². The highest BCUT2D eigenvalue weighted by molar-refractivity contribution is 5.04. The smallest absolute Gasteiger partial charge is 0.168 e. The summed E-state index contributed by atoms with van der Waals surface area (Å²) in [5, 5.41) is 12.1. The van der Waals surface area contributed by atoms with E-state index in [1.807, 2.05) is 23.0 Å². The van der Waals surface area contributed by atoms with Crippen molar-refractivity contribution in [1.82, 2.24) is 30.1 Å². The number of hydrogen-bond acceptors (Lipinski definition) is 5. The normalized spacial score (nSPS) is 16.6. The Balaban J connectivity index is 1.61. The number of nitrogens with zero attached hydrogens (tertiary/aromatic N) is 6. The van der Waals surface area contributed by atoms with E-state index in [1.165, 1.54) is 12.8 Å². The molecule has 0 bridgehead atoms. The van der Waals surface area contributed by atoms with Gasteiger partial charge >= 0.3 is 0 Å². The maximum absolute atomic E-state index is 4.36. The lowest BCUT2D eigenvalue weighted by Gasteiger charge is -2.23. The third-order valence-corrected chi connectivity index (χ3v) is 3.89. The summed E-state index contributed by atoms with van der Waals surface area (Å²) in [6.07, 6.45) is 5.17. The number of aromatic nitrogens is 5. The van der Waals surface area contributed by atoms with Crippen LogP contribution in [-0.2, 0) is 6.42 Å². The molecule has 0 radical (unpaired) electrons. The average Bonchev–Trinajstić information content (AvgIpc) is 3.22. The third-order valence-electron chi connectivity index (χ3n) is 3.89. The van der Waals surface area contributed by atoms with Crippen LogP contribution in [0.3, 0.4) is 0 Å². The molecule has 0 aromatic carbocycles. The van der Waals surface area contributed by atoms with Crippen LogP contribution in [0.25, 0.3) is 0 Å². The minimum absolute atomic E-state index is 0.217. The first-order valence-corrected chi connectivity index (χ1v) is 7.13. The number of hydrogen-bond donors (Lipinski definition) is 0. The molecule has 0 amide bonds. The van der Waals surface area contributed by atoms with Crippen molar-refractivity contribution in [2.24, 2.45) is 0 Å². The van der Waals surface area contributed by atoms with Gasteiger partial charge in [0.05, 0.1) is 12.1 Å². The van der Waals surface area contributed by atoms with Gasteiger partial charge in [-0.05, 0) is 49.4 Å². The van der Waals surface area contributed by atoms with Gasteiger partial charge in [0, 0.05) is 24.9 Å². The van der Waals surface area contributed by atoms with E-state index in [2.05, 4.69) is 45.4 Å². The average molecular weight is 272 g/mol. The Bertz CT molecular complexity index is 548. The molecule has 20 heavy (non-hydrogen) atoms. The Labute approximate surface area is 118 Å². The first kappa shape index (κ1) is 13.2. The first-order chi connectivity index (χ1) is 9.75. The lowest BCUT2D eigenvalue weighted by molar-refractivity contribution is 0.246. The number of pyridine rings is 1. The highest BCUT2D eigenvalue weighted by atomic mass is 15.6. The molecule has 0 unspecified atom stereocenters. The first-order valence-electron chi connectivity index (χ1n) is 7.13.